The van der Waals surface area contributed by atoms with E-state index in [1.807, 2.05) is 0 Å². The zero-order valence-electron chi connectivity index (χ0n) is 18.4. The van der Waals surface area contributed by atoms with Crippen molar-refractivity contribution in [1.82, 2.24) is 14.7 Å². The summed E-state index contributed by atoms with van der Waals surface area (Å²) in [6.07, 6.45) is 3.90. The molecule has 2 aliphatic rings. The van der Waals surface area contributed by atoms with Crippen LogP contribution in [0.4, 0.5) is 14.5 Å². The Kier molecular flexibility index (Phi) is 8.38. The van der Waals surface area contributed by atoms with E-state index in [0.717, 1.165) is 24.0 Å². The first-order valence-electron chi connectivity index (χ1n) is 10.7. The topological polar surface area (TPSA) is 140 Å². The minimum absolute atomic E-state index is 0.00207. The number of aromatic nitrogens is 2. The first kappa shape index (κ1) is 25.1. The molecular formula is C20H29ClF2N8O2. The van der Waals surface area contributed by atoms with Crippen molar-refractivity contribution in [2.45, 2.75) is 44.2 Å². The van der Waals surface area contributed by atoms with Crippen LogP contribution in [0.15, 0.2) is 28.0 Å². The molecule has 1 aromatic rings. The fraction of sp³-hybridized carbons (Fsp3) is 0.600. The molecule has 1 saturated carbocycles. The van der Waals surface area contributed by atoms with E-state index < -0.39 is 12.0 Å². The fourth-order valence-electron chi connectivity index (χ4n) is 3.99. The maximum atomic E-state index is 14.9. The number of hydrogen-bond acceptors (Lipinski definition) is 7. The number of alkyl halides is 2. The largest absolute Gasteiger partial charge is 0.476 e. The van der Waals surface area contributed by atoms with Gasteiger partial charge in [-0.15, -0.1) is 0 Å². The number of nitrogens with one attached hydrogen (secondary N) is 1. The Morgan fingerprint density at radius 2 is 2.15 bits per heavy atom. The van der Waals surface area contributed by atoms with Gasteiger partial charge in [0.15, 0.2) is 5.15 Å². The first-order valence-corrected chi connectivity index (χ1v) is 11.1. The predicted octanol–water partition coefficient (Wildman–Crippen LogP) is 2.47. The lowest BCUT2D eigenvalue weighted by atomic mass is 9.86. The maximum absolute atomic E-state index is 14.9. The van der Waals surface area contributed by atoms with Gasteiger partial charge in [-0.25, -0.2) is 18.5 Å². The molecule has 1 aliphatic carbocycles. The van der Waals surface area contributed by atoms with Gasteiger partial charge in [-0.2, -0.15) is 10.1 Å². The Balaban J connectivity index is 1.84. The van der Waals surface area contributed by atoms with Crippen molar-refractivity contribution < 1.29 is 18.3 Å². The molecule has 0 bridgehead atoms. The molecule has 2 heterocycles. The van der Waals surface area contributed by atoms with Crippen LogP contribution in [0.5, 0.6) is 0 Å². The fourth-order valence-corrected chi connectivity index (χ4v) is 4.24. The third kappa shape index (κ3) is 6.06. The average Bonchev–Trinajstić information content (AvgIpc) is 3.13. The average molecular weight is 487 g/mol. The maximum Gasteiger partial charge on any atom is 0.270 e. The molecule has 13 heteroatoms. The van der Waals surface area contributed by atoms with Crippen molar-refractivity contribution in [2.24, 2.45) is 21.5 Å². The zero-order chi connectivity index (χ0) is 24.0. The zero-order valence-corrected chi connectivity index (χ0v) is 19.1. The third-order valence-electron chi connectivity index (χ3n) is 5.61. The normalized spacial score (nSPS) is 25.2. The van der Waals surface area contributed by atoms with Crippen molar-refractivity contribution in [3.8, 4) is 0 Å². The van der Waals surface area contributed by atoms with Crippen molar-refractivity contribution in [1.29, 1.82) is 5.41 Å². The highest BCUT2D eigenvalue weighted by atomic mass is 35.5. The summed E-state index contributed by atoms with van der Waals surface area (Å²) in [5.41, 5.74) is 11.9. The Morgan fingerprint density at radius 3 is 2.82 bits per heavy atom. The second-order valence-electron chi connectivity index (χ2n) is 7.73. The van der Waals surface area contributed by atoms with Gasteiger partial charge in [-0.05, 0) is 25.8 Å². The quantitative estimate of drug-likeness (QED) is 0.416. The van der Waals surface area contributed by atoms with Crippen LogP contribution < -0.4 is 11.5 Å². The van der Waals surface area contributed by atoms with Gasteiger partial charge in [0.05, 0.1) is 31.7 Å². The number of hydrogen-bond donors (Lipinski definition) is 3. The number of aliphatic imine (C=N–C) groups is 2. The van der Waals surface area contributed by atoms with E-state index in [9.17, 15) is 8.78 Å². The number of guanidine groups is 1. The minimum atomic E-state index is -2.96. The standard InChI is InChI=1S/C20H29ClF2N8O2/c1-2-33-18(14(25)4-6-24)29-19(26)28-15-12-27-31(17(15)21)16-11-13(3-5-20(16,22)23)30-7-9-32-10-8-30/h4,6,12-13,16,24H,2-3,5,7-11,25H2,1H3,(H2,26,28). The number of nitrogens with zero attached hydrogens (tertiary/aromatic N) is 5. The van der Waals surface area contributed by atoms with Crippen LogP contribution in [0.25, 0.3) is 0 Å². The van der Waals surface area contributed by atoms with Gasteiger partial charge < -0.3 is 26.4 Å². The smallest absolute Gasteiger partial charge is 0.270 e. The molecule has 0 radical (unpaired) electrons. The summed E-state index contributed by atoms with van der Waals surface area (Å²) in [7, 11) is 0. The van der Waals surface area contributed by atoms with E-state index in [4.69, 9.17) is 38.0 Å². The van der Waals surface area contributed by atoms with Crippen LogP contribution in [0, 0.1) is 5.41 Å². The van der Waals surface area contributed by atoms with Crippen LogP contribution in [0.3, 0.4) is 0 Å². The molecule has 0 amide bonds. The molecule has 3 rings (SSSR count). The number of ether oxygens (including phenoxy) is 2. The number of halogens is 3. The highest BCUT2D eigenvalue weighted by Crippen LogP contribution is 2.45. The predicted molar refractivity (Wildman–Crippen MR) is 123 cm³/mol. The molecule has 0 aromatic carbocycles. The van der Waals surface area contributed by atoms with E-state index >= 15 is 0 Å². The lowest BCUT2D eigenvalue weighted by Crippen LogP contribution is -2.49. The number of morpholine rings is 1. The van der Waals surface area contributed by atoms with Gasteiger partial charge >= 0.3 is 0 Å². The van der Waals surface area contributed by atoms with Gasteiger partial charge in [-0.3, -0.25) is 4.90 Å². The van der Waals surface area contributed by atoms with Crippen molar-refractivity contribution >= 4 is 35.4 Å². The summed E-state index contributed by atoms with van der Waals surface area (Å²) in [6.45, 7) is 4.63. The molecule has 2 atom stereocenters. The van der Waals surface area contributed by atoms with Gasteiger partial charge in [0.25, 0.3) is 5.92 Å². The second-order valence-corrected chi connectivity index (χ2v) is 8.09. The Bertz CT molecular complexity index is 927. The Hall–Kier alpha value is -2.57. The second kappa shape index (κ2) is 11.0. The number of nitrogens with two attached hydrogens (primary N) is 2. The third-order valence-corrected chi connectivity index (χ3v) is 5.98. The van der Waals surface area contributed by atoms with Crippen LogP contribution >= 0.6 is 11.6 Å². The molecule has 1 aromatic heterocycles. The highest BCUT2D eigenvalue weighted by molar-refractivity contribution is 6.32. The Morgan fingerprint density at radius 1 is 1.42 bits per heavy atom. The van der Waals surface area contributed by atoms with Crippen molar-refractivity contribution in [3.05, 3.63) is 23.1 Å². The van der Waals surface area contributed by atoms with E-state index in [1.54, 1.807) is 6.92 Å². The van der Waals surface area contributed by atoms with Crippen molar-refractivity contribution in [2.75, 3.05) is 32.9 Å². The minimum Gasteiger partial charge on any atom is -0.476 e. The molecule has 2 fully saturated rings. The van der Waals surface area contributed by atoms with Gasteiger partial charge in [0, 0.05) is 31.8 Å². The Labute approximate surface area is 195 Å². The first-order chi connectivity index (χ1) is 15.8. The van der Waals surface area contributed by atoms with Crippen LogP contribution in [0.2, 0.25) is 5.15 Å². The number of allylic oxidation sites excluding steroid dienone is 1. The van der Waals surface area contributed by atoms with E-state index in [-0.39, 0.29) is 53.9 Å². The summed E-state index contributed by atoms with van der Waals surface area (Å²) < 4.78 is 41.5. The lowest BCUT2D eigenvalue weighted by molar-refractivity contribution is -0.106. The number of rotatable bonds is 6. The molecular weight excluding hydrogens is 458 g/mol. The monoisotopic (exact) mass is 486 g/mol. The molecule has 0 spiro atoms. The lowest BCUT2D eigenvalue weighted by Gasteiger charge is -2.42. The molecule has 2 unspecified atom stereocenters. The molecule has 33 heavy (non-hydrogen) atoms. The van der Waals surface area contributed by atoms with Gasteiger partial charge in [-0.1, -0.05) is 11.6 Å². The van der Waals surface area contributed by atoms with Gasteiger partial charge in [0.1, 0.15) is 11.7 Å². The van der Waals surface area contributed by atoms with Crippen LogP contribution in [-0.4, -0.2) is 77.6 Å². The summed E-state index contributed by atoms with van der Waals surface area (Å²) in [5.74, 6) is -3.22. The summed E-state index contributed by atoms with van der Waals surface area (Å²) in [4.78, 5) is 10.3. The molecule has 1 saturated heterocycles. The van der Waals surface area contributed by atoms with E-state index in [1.165, 1.54) is 12.3 Å². The van der Waals surface area contributed by atoms with Gasteiger partial charge in [0.2, 0.25) is 11.9 Å². The van der Waals surface area contributed by atoms with Crippen molar-refractivity contribution in [3.63, 3.8) is 0 Å². The van der Waals surface area contributed by atoms with Crippen LogP contribution in [0.1, 0.15) is 32.2 Å². The SMILES string of the molecule is CCOC(=NC(N)=Nc1cnn(C2CC(N3CCOCC3)CCC2(F)F)c1Cl)C(N)=CC=N. The summed E-state index contributed by atoms with van der Waals surface area (Å²) in [5, 5.41) is 11.2. The molecule has 10 nitrogen and oxygen atoms in total. The van der Waals surface area contributed by atoms with E-state index in [0.29, 0.717) is 19.6 Å². The highest BCUT2D eigenvalue weighted by Gasteiger charge is 2.48. The molecule has 1 aliphatic heterocycles. The summed E-state index contributed by atoms with van der Waals surface area (Å²) in [6, 6.07) is -1.21. The van der Waals surface area contributed by atoms with E-state index in [2.05, 4.69) is 20.0 Å². The molecule has 5 N–H and O–H groups in total. The summed E-state index contributed by atoms with van der Waals surface area (Å²) >= 11 is 6.40. The van der Waals surface area contributed by atoms with Crippen LogP contribution in [-0.2, 0) is 9.47 Å². The molecule has 182 valence electrons.